The second-order valence-corrected chi connectivity index (χ2v) is 29.0. The zero-order valence-electron chi connectivity index (χ0n) is 55.2. The first-order valence-electron chi connectivity index (χ1n) is 31.0. The summed E-state index contributed by atoms with van der Waals surface area (Å²) in [7, 11) is -5.32. The van der Waals surface area contributed by atoms with E-state index in [0.29, 0.717) is 56.4 Å². The molecular weight excluding hydrogens is 1320 g/mol. The smallest absolute Gasteiger partial charge is 0.756 e. The number of imidazole rings is 1. The molecule has 95 heavy (non-hydrogen) atoms. The van der Waals surface area contributed by atoms with E-state index in [4.69, 9.17) is 81.8 Å². The molecular formula is C62H89CoN13O17PS. The standard InChI is InChI=1S/C62H90N13O14P.Co.H2O3S/c1-29-20-39-40(21-30(29)2)75(28-70-39)57-52(84)53(41(27-76)87-57)89-90(85,86)88-31(3)26-69-49(83)18-19-59(8)37(22-46(66)80)56-62(11)61(10,25-48(68)82)36(14-17-45(65)79)51(74-62)33(5)55-60(9,24-47(67)81)34(12-15-43(63)77)38(71-55)23-42-58(6,7)35(13-16-44(64)78)50(72-42)32(4)54(59)73-56;;1-4(2)3/h20-21,23,28,31,34-37,41,52-53,56-57,76,84H,12-19,22,24-27H2,1-11H3,(H15,63,64,65,66,67,68,69,71,72,73,74,77,78,79,80,81,82,83,85,86);;(H2,1,2,3)/q;+3;/p-3. The Labute approximate surface area is 564 Å². The number of nitrogens with two attached hydrogens (primary N) is 6. The molecule has 1 aromatic heterocycles. The molecule has 0 aliphatic carbocycles. The van der Waals surface area contributed by atoms with Crippen molar-refractivity contribution in [3.63, 3.8) is 0 Å². The van der Waals surface area contributed by atoms with Gasteiger partial charge in [-0.25, -0.2) is 9.19 Å². The maximum atomic E-state index is 14.4. The van der Waals surface area contributed by atoms with Crippen LogP contribution in [0, 0.1) is 59.2 Å². The number of carbonyl (C=O) groups is 7. The Bertz CT molecular complexity index is 3660. The molecule has 524 valence electrons. The molecule has 8 rings (SSSR count). The average Bonchev–Trinajstić information content (AvgIpc) is 1.53. The van der Waals surface area contributed by atoms with Crippen LogP contribution in [0.1, 0.15) is 150 Å². The third-order valence-corrected chi connectivity index (χ3v) is 21.6. The zero-order valence-corrected chi connectivity index (χ0v) is 57.9. The van der Waals surface area contributed by atoms with Gasteiger partial charge in [0.05, 0.1) is 52.7 Å². The number of phosphoric ester groups is 1. The van der Waals surface area contributed by atoms with Gasteiger partial charge in [0, 0.05) is 108 Å². The van der Waals surface area contributed by atoms with Crippen LogP contribution in [0.4, 0.5) is 0 Å². The number of rotatable bonds is 26. The summed E-state index contributed by atoms with van der Waals surface area (Å²) in [4.78, 5) is 128. The number of primary amides is 6. The third-order valence-electron chi connectivity index (χ3n) is 20.5. The van der Waals surface area contributed by atoms with Crippen LogP contribution in [0.2, 0.25) is 0 Å². The Hall–Kier alpha value is -6.42. The van der Waals surface area contributed by atoms with E-state index in [2.05, 4.69) is 10.3 Å². The number of carbonyl (C=O) groups excluding carboxylic acids is 7. The molecule has 7 heterocycles. The van der Waals surface area contributed by atoms with E-state index in [0.717, 1.165) is 11.1 Å². The van der Waals surface area contributed by atoms with Gasteiger partial charge in [0.25, 0.3) is 7.82 Å². The van der Waals surface area contributed by atoms with Crippen LogP contribution in [0.15, 0.2) is 67.8 Å². The van der Waals surface area contributed by atoms with Gasteiger partial charge in [-0.15, -0.1) is 0 Å². The summed E-state index contributed by atoms with van der Waals surface area (Å²) in [6.07, 6.45) is -4.79. The van der Waals surface area contributed by atoms with Crippen LogP contribution in [0.3, 0.4) is 0 Å². The Morgan fingerprint density at radius 3 is 1.94 bits per heavy atom. The summed E-state index contributed by atoms with van der Waals surface area (Å²) in [5.74, 6) is -7.40. The van der Waals surface area contributed by atoms with Crippen molar-refractivity contribution in [3.8, 4) is 0 Å². The minimum Gasteiger partial charge on any atom is -0.756 e. The number of aliphatic imine (C=N–C) groups is 3. The number of aliphatic hydroxyl groups excluding tert-OH is 2. The fourth-order valence-corrected chi connectivity index (χ4v) is 16.4. The molecule has 1 aromatic carbocycles. The fourth-order valence-electron chi connectivity index (χ4n) is 15.3. The van der Waals surface area contributed by atoms with Gasteiger partial charge in [-0.2, -0.15) is 5.70 Å². The number of fused-ring (bicyclic) bond motifs is 7. The first kappa shape index (κ1) is 77.6. The van der Waals surface area contributed by atoms with Gasteiger partial charge in [0.2, 0.25) is 41.4 Å². The van der Waals surface area contributed by atoms with Gasteiger partial charge in [-0.1, -0.05) is 40.7 Å². The van der Waals surface area contributed by atoms with Crippen molar-refractivity contribution in [2.75, 3.05) is 13.2 Å². The number of benzene rings is 1. The molecule has 0 spiro atoms. The maximum Gasteiger partial charge on any atom is 3.00 e. The van der Waals surface area contributed by atoms with Crippen molar-refractivity contribution in [1.82, 2.24) is 14.9 Å². The molecule has 2 saturated heterocycles. The normalized spacial score (nSPS) is 31.0. The Kier molecular flexibility index (Phi) is 24.3. The molecule has 33 heteroatoms. The third kappa shape index (κ3) is 15.9. The largest absolute Gasteiger partial charge is 3.00 e. The van der Waals surface area contributed by atoms with Crippen molar-refractivity contribution in [2.45, 2.75) is 189 Å². The summed E-state index contributed by atoms with van der Waals surface area (Å²) >= 11 is -2.86. The molecule has 6 aliphatic heterocycles. The predicted octanol–water partition coefficient (Wildman–Crippen LogP) is 2.65. The summed E-state index contributed by atoms with van der Waals surface area (Å²) in [5, 5.41) is 30.1. The van der Waals surface area contributed by atoms with Crippen molar-refractivity contribution in [3.05, 3.63) is 69.2 Å². The van der Waals surface area contributed by atoms with Crippen molar-refractivity contribution < 1.29 is 97.1 Å². The minimum absolute atomic E-state index is 0. The fraction of sp³-hybridized carbons (Fsp3) is 0.629. The monoisotopic (exact) mass is 1410 g/mol. The van der Waals surface area contributed by atoms with Gasteiger partial charge < -0.3 is 87.6 Å². The SMILES string of the molecule is CC1=C2N=C(C=C3N=C(C(C)=C4[N-]C(C(CC(N)=O)C4(C)CCC(=O)NCC(C)OP(=O)([O-])OC4C(CO)OC(n5cnc6cc(C)c(C)cc65)C4O)C4(C)N=C1C(CCC(N)=O)C4(C)CC(N)=O)C(CCC(N)=O)C3(C)C)C(CCC(N)=O)C2(C)CC(N)=O.O=S([O-])O.[Co+3]. The summed E-state index contributed by atoms with van der Waals surface area (Å²) in [5.41, 5.74) is 36.7. The molecule has 7 amide bonds. The number of hydrogen-bond acceptors (Lipinski definition) is 20. The number of hydrogen-bond donors (Lipinski definition) is 10. The number of ether oxygens (including phenoxy) is 1. The molecule has 8 bridgehead atoms. The Morgan fingerprint density at radius 2 is 1.38 bits per heavy atom. The van der Waals surface area contributed by atoms with Crippen LogP contribution >= 0.6 is 7.82 Å². The quantitative estimate of drug-likeness (QED) is 0.0478. The molecule has 2 aromatic rings. The van der Waals surface area contributed by atoms with Crippen LogP contribution in [0.25, 0.3) is 16.4 Å². The van der Waals surface area contributed by atoms with Gasteiger partial charge in [0.1, 0.15) is 18.3 Å². The van der Waals surface area contributed by atoms with Crippen LogP contribution < -0.4 is 44.6 Å². The molecule has 0 saturated carbocycles. The van der Waals surface area contributed by atoms with E-state index < -0.39 is 155 Å². The Balaban J connectivity index is 0.00000278. The van der Waals surface area contributed by atoms with Gasteiger partial charge in [-0.3, -0.25) is 53.1 Å². The number of allylic oxidation sites excluding steroid dienone is 6. The molecule has 0 radical (unpaired) electrons. The first-order chi connectivity index (χ1) is 43.6. The van der Waals surface area contributed by atoms with Crippen molar-refractivity contribution in [1.29, 1.82) is 0 Å². The van der Waals surface area contributed by atoms with E-state index in [9.17, 15) is 53.2 Å². The van der Waals surface area contributed by atoms with Crippen molar-refractivity contribution in [2.24, 2.45) is 94.7 Å². The first-order valence-corrected chi connectivity index (χ1v) is 33.5. The number of nitrogens with zero attached hydrogens (tertiary/aromatic N) is 6. The number of aliphatic hydroxyl groups is 2. The van der Waals surface area contributed by atoms with Crippen LogP contribution in [-0.2, 0) is 80.1 Å². The van der Waals surface area contributed by atoms with Gasteiger partial charge in [-0.05, 0) is 119 Å². The molecule has 16 unspecified atom stereocenters. The number of amides is 7. The minimum atomic E-state index is -5.32. The van der Waals surface area contributed by atoms with Crippen LogP contribution in [-0.4, -0.2) is 141 Å². The van der Waals surface area contributed by atoms with Crippen LogP contribution in [0.5, 0.6) is 0 Å². The number of phosphoric acid groups is 1. The summed E-state index contributed by atoms with van der Waals surface area (Å²) < 4.78 is 56.0. The number of aromatic nitrogens is 2. The van der Waals surface area contributed by atoms with E-state index in [1.54, 1.807) is 6.92 Å². The molecule has 2 fully saturated rings. The topological polar surface area (TPSA) is 525 Å². The molecule has 30 nitrogen and oxygen atoms in total. The number of aryl methyl sites for hydroxylation is 2. The molecule has 16 atom stereocenters. The van der Waals surface area contributed by atoms with Crippen molar-refractivity contribution >= 4 is 88.7 Å². The summed E-state index contributed by atoms with van der Waals surface area (Å²) in [6.45, 7) is 19.0. The maximum absolute atomic E-state index is 14.4. The molecule has 6 aliphatic rings. The van der Waals surface area contributed by atoms with E-state index in [-0.39, 0.29) is 94.0 Å². The Morgan fingerprint density at radius 1 is 0.811 bits per heavy atom. The van der Waals surface area contributed by atoms with E-state index in [1.165, 1.54) is 17.8 Å². The predicted molar refractivity (Wildman–Crippen MR) is 343 cm³/mol. The zero-order chi connectivity index (χ0) is 70.3. The van der Waals surface area contributed by atoms with E-state index >= 15 is 0 Å². The number of nitrogens with one attached hydrogen (secondary N) is 1. The average molecular weight is 1410 g/mol. The summed E-state index contributed by atoms with van der Waals surface area (Å²) in [6, 6.07) is 2.65. The second-order valence-electron chi connectivity index (χ2n) is 27.2. The second kappa shape index (κ2) is 29.7. The van der Waals surface area contributed by atoms with Gasteiger partial charge in [0.15, 0.2) is 6.23 Å². The molecule has 16 N–H and O–H groups in total. The van der Waals surface area contributed by atoms with E-state index in [1.807, 2.05) is 80.5 Å². The van der Waals surface area contributed by atoms with Gasteiger partial charge >= 0.3 is 16.8 Å².